The fourth-order valence-corrected chi connectivity index (χ4v) is 3.44. The van der Waals surface area contributed by atoms with Crippen molar-refractivity contribution < 1.29 is 14.3 Å². The molecule has 0 spiro atoms. The number of aliphatic carboxylic acids is 1. The maximum atomic E-state index is 13.7. The lowest BCUT2D eigenvalue weighted by Gasteiger charge is -2.18. The van der Waals surface area contributed by atoms with Gasteiger partial charge in [-0.05, 0) is 34.8 Å². The van der Waals surface area contributed by atoms with E-state index < -0.39 is 5.97 Å². The number of halogens is 2. The van der Waals surface area contributed by atoms with Crippen LogP contribution in [0, 0.1) is 5.82 Å². The number of carbonyl (C=O) groups is 1. The monoisotopic (exact) mass is 374 g/mol. The van der Waals surface area contributed by atoms with Crippen LogP contribution in [0.3, 0.4) is 0 Å². The van der Waals surface area contributed by atoms with E-state index >= 15 is 0 Å². The summed E-state index contributed by atoms with van der Waals surface area (Å²) in [6.45, 7) is 4.15. The molecule has 21 heavy (non-hydrogen) atoms. The first-order valence-electron chi connectivity index (χ1n) is 6.69. The summed E-state index contributed by atoms with van der Waals surface area (Å²) in [6.07, 6.45) is 1.80. The first kappa shape index (κ1) is 16.3. The minimum atomic E-state index is -0.893. The number of carboxylic acids is 1. The largest absolute Gasteiger partial charge is 0.481 e. The van der Waals surface area contributed by atoms with Gasteiger partial charge in [0.2, 0.25) is 0 Å². The van der Waals surface area contributed by atoms with Gasteiger partial charge in [0.05, 0.1) is 21.3 Å². The molecule has 0 fully saturated rings. The molecule has 0 aliphatic heterocycles. The summed E-state index contributed by atoms with van der Waals surface area (Å²) in [5.41, 5.74) is 1.38. The van der Waals surface area contributed by atoms with Gasteiger partial charge in [0.15, 0.2) is 5.16 Å². The molecule has 0 saturated carbocycles. The highest BCUT2D eigenvalue weighted by Crippen LogP contribution is 2.33. The molecule has 0 atom stereocenters. The lowest BCUT2D eigenvalue weighted by atomic mass is 10.1. The van der Waals surface area contributed by atoms with Gasteiger partial charge in [-0.15, -0.1) is 0 Å². The van der Waals surface area contributed by atoms with E-state index in [1.54, 1.807) is 6.07 Å². The van der Waals surface area contributed by atoms with Crippen LogP contribution in [0.4, 0.5) is 4.39 Å². The minimum Gasteiger partial charge on any atom is -0.481 e. The van der Waals surface area contributed by atoms with Gasteiger partial charge in [-0.1, -0.05) is 25.6 Å². The van der Waals surface area contributed by atoms with Gasteiger partial charge in [0.1, 0.15) is 5.82 Å². The summed E-state index contributed by atoms with van der Waals surface area (Å²) >= 11 is 4.36. The number of rotatable bonds is 6. The number of hydrogen-bond acceptors (Lipinski definition) is 3. The average molecular weight is 375 g/mol. The highest BCUT2D eigenvalue weighted by Gasteiger charge is 2.19. The second-order valence-electron chi connectivity index (χ2n) is 4.67. The maximum absolute atomic E-state index is 13.7. The van der Waals surface area contributed by atoms with Crippen molar-refractivity contribution in [1.82, 2.24) is 9.55 Å². The van der Waals surface area contributed by atoms with Crippen LogP contribution in [0.25, 0.3) is 11.0 Å². The molecule has 0 amide bonds. The molecule has 2 aromatic rings. The van der Waals surface area contributed by atoms with Crippen LogP contribution in [0.15, 0.2) is 21.8 Å². The van der Waals surface area contributed by atoms with Crippen LogP contribution in [0.1, 0.15) is 32.7 Å². The molecule has 4 nitrogen and oxygen atoms in total. The molecule has 1 N–H and O–H groups in total. The molecule has 0 unspecified atom stereocenters. The predicted molar refractivity (Wildman–Crippen MR) is 85.4 cm³/mol. The van der Waals surface area contributed by atoms with Crippen LogP contribution in [0.2, 0.25) is 0 Å². The first-order chi connectivity index (χ1) is 9.97. The average Bonchev–Trinajstić information content (AvgIpc) is 2.77. The molecule has 7 heteroatoms. The van der Waals surface area contributed by atoms with E-state index in [1.807, 2.05) is 4.57 Å². The Balaban J connectivity index is 2.59. The predicted octanol–water partition coefficient (Wildman–Crippen LogP) is 4.48. The van der Waals surface area contributed by atoms with Crippen molar-refractivity contribution in [2.45, 2.75) is 37.9 Å². The lowest BCUT2D eigenvalue weighted by Crippen LogP contribution is -2.09. The molecule has 1 heterocycles. The molecule has 114 valence electrons. The van der Waals surface area contributed by atoms with Crippen molar-refractivity contribution in [2.24, 2.45) is 0 Å². The smallest absolute Gasteiger partial charge is 0.313 e. The van der Waals surface area contributed by atoms with E-state index in [9.17, 15) is 9.18 Å². The number of imidazole rings is 1. The Morgan fingerprint density at radius 1 is 1.48 bits per heavy atom. The highest BCUT2D eigenvalue weighted by molar-refractivity contribution is 9.10. The van der Waals surface area contributed by atoms with Crippen LogP contribution in [0.5, 0.6) is 0 Å². The summed E-state index contributed by atoms with van der Waals surface area (Å²) in [6, 6.07) is 3.30. The number of aromatic nitrogens is 2. The fraction of sp³-hybridized carbons (Fsp3) is 0.429. The second kappa shape index (κ2) is 6.79. The fourth-order valence-electron chi connectivity index (χ4n) is 2.30. The number of carboxylic acid groups (broad SMARTS) is 1. The first-order valence-corrected chi connectivity index (χ1v) is 8.47. The molecular weight excluding hydrogens is 359 g/mol. The molecule has 0 saturated heterocycles. The van der Waals surface area contributed by atoms with Crippen molar-refractivity contribution in [3.63, 3.8) is 0 Å². The zero-order chi connectivity index (χ0) is 15.6. The Kier molecular flexibility index (Phi) is 5.27. The number of hydrogen-bond donors (Lipinski definition) is 1. The Morgan fingerprint density at radius 3 is 2.71 bits per heavy atom. The number of benzene rings is 1. The van der Waals surface area contributed by atoms with Gasteiger partial charge in [-0.3, -0.25) is 4.79 Å². The minimum absolute atomic E-state index is 0.0624. The second-order valence-corrected chi connectivity index (χ2v) is 6.47. The number of fused-ring (bicyclic) bond motifs is 1. The summed E-state index contributed by atoms with van der Waals surface area (Å²) in [5, 5.41) is 9.48. The zero-order valence-electron chi connectivity index (χ0n) is 11.8. The third-order valence-electron chi connectivity index (χ3n) is 3.33. The molecule has 0 aliphatic carbocycles. The zero-order valence-corrected chi connectivity index (χ0v) is 14.2. The van der Waals surface area contributed by atoms with Crippen molar-refractivity contribution in [3.05, 3.63) is 22.4 Å². The maximum Gasteiger partial charge on any atom is 0.313 e. The van der Waals surface area contributed by atoms with Crippen molar-refractivity contribution in [1.29, 1.82) is 0 Å². The summed E-state index contributed by atoms with van der Waals surface area (Å²) in [4.78, 5) is 15.2. The van der Waals surface area contributed by atoms with Crippen LogP contribution >= 0.6 is 27.7 Å². The number of nitrogens with zero attached hydrogens (tertiary/aromatic N) is 2. The number of thioether (sulfide) groups is 1. The molecule has 2 rings (SSSR count). The van der Waals surface area contributed by atoms with Crippen molar-refractivity contribution in [3.8, 4) is 0 Å². The quantitative estimate of drug-likeness (QED) is 0.757. The van der Waals surface area contributed by atoms with Gasteiger partial charge >= 0.3 is 5.97 Å². The Labute approximate surface area is 134 Å². The Morgan fingerprint density at radius 2 is 2.14 bits per heavy atom. The molecule has 0 aliphatic rings. The SMILES string of the molecule is CCC(CC)n1c(SCC(=O)O)nc2cc(F)c(Br)cc21. The summed E-state index contributed by atoms with van der Waals surface area (Å²) in [5.74, 6) is -1.32. The lowest BCUT2D eigenvalue weighted by molar-refractivity contribution is -0.133. The van der Waals surface area contributed by atoms with Gasteiger partial charge in [-0.2, -0.15) is 0 Å². The summed E-state index contributed by atoms with van der Waals surface area (Å²) in [7, 11) is 0. The summed E-state index contributed by atoms with van der Waals surface area (Å²) < 4.78 is 16.1. The van der Waals surface area contributed by atoms with Crippen molar-refractivity contribution in [2.75, 3.05) is 5.75 Å². The van der Waals surface area contributed by atoms with Crippen LogP contribution in [-0.4, -0.2) is 26.4 Å². The highest BCUT2D eigenvalue weighted by atomic mass is 79.9. The molecule has 0 radical (unpaired) electrons. The van der Waals surface area contributed by atoms with E-state index in [0.29, 0.717) is 15.1 Å². The van der Waals surface area contributed by atoms with E-state index in [2.05, 4.69) is 34.8 Å². The van der Waals surface area contributed by atoms with E-state index in [-0.39, 0.29) is 17.6 Å². The van der Waals surface area contributed by atoms with Crippen LogP contribution in [-0.2, 0) is 4.79 Å². The Hall–Kier alpha value is -1.08. The molecule has 1 aromatic carbocycles. The third-order valence-corrected chi connectivity index (χ3v) is 4.88. The molecule has 1 aromatic heterocycles. The molecule has 0 bridgehead atoms. The molecular formula is C14H16BrFN2O2S. The van der Waals surface area contributed by atoms with Gasteiger partial charge in [0, 0.05) is 12.1 Å². The normalized spacial score (nSPS) is 11.5. The van der Waals surface area contributed by atoms with E-state index in [4.69, 9.17) is 5.11 Å². The topological polar surface area (TPSA) is 55.1 Å². The van der Waals surface area contributed by atoms with Crippen LogP contribution < -0.4 is 0 Å². The van der Waals surface area contributed by atoms with Crippen molar-refractivity contribution >= 4 is 44.7 Å². The van der Waals surface area contributed by atoms with Gasteiger partial charge in [0.25, 0.3) is 0 Å². The van der Waals surface area contributed by atoms with E-state index in [0.717, 1.165) is 18.4 Å². The van der Waals surface area contributed by atoms with Gasteiger partial charge < -0.3 is 9.67 Å². The van der Waals surface area contributed by atoms with Gasteiger partial charge in [-0.25, -0.2) is 9.37 Å². The van der Waals surface area contributed by atoms with E-state index in [1.165, 1.54) is 17.8 Å². The Bertz CT molecular complexity index is 671. The standard InChI is InChI=1S/C14H16BrFN2O2S/c1-3-8(4-2)18-12-5-9(15)10(16)6-11(12)17-14(18)21-7-13(19)20/h5-6,8H,3-4,7H2,1-2H3,(H,19,20). The third kappa shape index (κ3) is 3.40.